The van der Waals surface area contributed by atoms with Gasteiger partial charge in [0.05, 0.1) is 0 Å². The standard InChI is InChI=1S/C11H9NOS/c12-11(13)4-2-8-1-3-9-5-6-14-10(9)7-8/h1-7H,(H2,12,13). The number of hydrogen-bond acceptors (Lipinski definition) is 2. The maximum atomic E-state index is 10.5. The first kappa shape index (κ1) is 8.97. The smallest absolute Gasteiger partial charge is 0.241 e. The predicted molar refractivity (Wildman–Crippen MR) is 60.1 cm³/mol. The molecule has 0 saturated carbocycles. The Labute approximate surface area is 85.7 Å². The van der Waals surface area contributed by atoms with Gasteiger partial charge in [0.1, 0.15) is 0 Å². The second kappa shape index (κ2) is 3.64. The average Bonchev–Trinajstić information content (AvgIpc) is 2.61. The first-order valence-electron chi connectivity index (χ1n) is 4.20. The first-order chi connectivity index (χ1) is 6.75. The van der Waals surface area contributed by atoms with Crippen LogP contribution >= 0.6 is 11.3 Å². The van der Waals surface area contributed by atoms with E-state index < -0.39 is 5.91 Å². The van der Waals surface area contributed by atoms with Crippen molar-refractivity contribution in [1.82, 2.24) is 0 Å². The average molecular weight is 203 g/mol. The van der Waals surface area contributed by atoms with Gasteiger partial charge < -0.3 is 5.73 Å². The summed E-state index contributed by atoms with van der Waals surface area (Å²) in [7, 11) is 0. The molecule has 1 amide bonds. The quantitative estimate of drug-likeness (QED) is 0.748. The molecule has 14 heavy (non-hydrogen) atoms. The fourth-order valence-electron chi connectivity index (χ4n) is 1.25. The largest absolute Gasteiger partial charge is 0.366 e. The Bertz CT molecular complexity index is 499. The van der Waals surface area contributed by atoms with Gasteiger partial charge >= 0.3 is 0 Å². The van der Waals surface area contributed by atoms with E-state index in [1.807, 2.05) is 23.6 Å². The van der Waals surface area contributed by atoms with Gasteiger partial charge in [0.2, 0.25) is 5.91 Å². The molecule has 0 spiro atoms. The second-order valence-electron chi connectivity index (χ2n) is 2.95. The van der Waals surface area contributed by atoms with Gasteiger partial charge in [-0.15, -0.1) is 11.3 Å². The van der Waals surface area contributed by atoms with Crippen LogP contribution in [0.15, 0.2) is 35.7 Å². The maximum absolute atomic E-state index is 10.5. The zero-order chi connectivity index (χ0) is 9.97. The number of nitrogens with two attached hydrogens (primary N) is 1. The van der Waals surface area contributed by atoms with E-state index in [0.29, 0.717) is 0 Å². The molecule has 0 aliphatic heterocycles. The van der Waals surface area contributed by atoms with Crippen molar-refractivity contribution in [2.75, 3.05) is 0 Å². The number of rotatable bonds is 2. The van der Waals surface area contributed by atoms with Crippen molar-refractivity contribution in [1.29, 1.82) is 0 Å². The highest BCUT2D eigenvalue weighted by Crippen LogP contribution is 2.22. The molecule has 0 saturated heterocycles. The van der Waals surface area contributed by atoms with Crippen molar-refractivity contribution in [3.63, 3.8) is 0 Å². The van der Waals surface area contributed by atoms with E-state index in [1.165, 1.54) is 16.2 Å². The van der Waals surface area contributed by atoms with Crippen LogP contribution in [0.5, 0.6) is 0 Å². The van der Waals surface area contributed by atoms with Crippen LogP contribution in [0.4, 0.5) is 0 Å². The summed E-state index contributed by atoms with van der Waals surface area (Å²) in [5.74, 6) is -0.420. The number of benzene rings is 1. The van der Waals surface area contributed by atoms with Crippen LogP contribution in [0.2, 0.25) is 0 Å². The predicted octanol–water partition coefficient (Wildman–Crippen LogP) is 2.40. The molecule has 0 unspecified atom stereocenters. The van der Waals surface area contributed by atoms with E-state index in [0.717, 1.165) is 5.56 Å². The van der Waals surface area contributed by atoms with E-state index in [2.05, 4.69) is 6.07 Å². The Kier molecular flexibility index (Phi) is 2.33. The van der Waals surface area contributed by atoms with Crippen LogP contribution in [0.25, 0.3) is 16.2 Å². The van der Waals surface area contributed by atoms with Crippen molar-refractivity contribution >= 4 is 33.4 Å². The summed E-state index contributed by atoms with van der Waals surface area (Å²) in [5, 5.41) is 3.28. The minimum Gasteiger partial charge on any atom is -0.366 e. The van der Waals surface area contributed by atoms with Gasteiger partial charge in [-0.1, -0.05) is 12.1 Å². The lowest BCUT2D eigenvalue weighted by Gasteiger charge is -1.93. The molecule has 0 radical (unpaired) electrons. The first-order valence-corrected chi connectivity index (χ1v) is 5.08. The number of carbonyl (C=O) groups is 1. The van der Waals surface area contributed by atoms with Gasteiger partial charge in [-0.3, -0.25) is 4.79 Å². The zero-order valence-electron chi connectivity index (χ0n) is 7.44. The van der Waals surface area contributed by atoms with E-state index in [9.17, 15) is 4.79 Å². The molecular formula is C11H9NOS. The van der Waals surface area contributed by atoms with Gasteiger partial charge in [-0.25, -0.2) is 0 Å². The summed E-state index contributed by atoms with van der Waals surface area (Å²) in [6, 6.07) is 8.11. The molecule has 2 nitrogen and oxygen atoms in total. The molecule has 0 fully saturated rings. The zero-order valence-corrected chi connectivity index (χ0v) is 8.25. The van der Waals surface area contributed by atoms with E-state index in [-0.39, 0.29) is 0 Å². The van der Waals surface area contributed by atoms with Crippen LogP contribution in [0.3, 0.4) is 0 Å². The molecule has 0 aliphatic rings. The lowest BCUT2D eigenvalue weighted by atomic mass is 10.1. The molecular weight excluding hydrogens is 194 g/mol. The Hall–Kier alpha value is -1.61. The maximum Gasteiger partial charge on any atom is 0.241 e. The van der Waals surface area contributed by atoms with E-state index in [1.54, 1.807) is 17.4 Å². The minimum absolute atomic E-state index is 0.420. The summed E-state index contributed by atoms with van der Waals surface area (Å²) in [6.45, 7) is 0. The van der Waals surface area contributed by atoms with E-state index in [4.69, 9.17) is 5.73 Å². The summed E-state index contributed by atoms with van der Waals surface area (Å²) in [5.41, 5.74) is 6.01. The van der Waals surface area contributed by atoms with Gasteiger partial charge in [0, 0.05) is 10.8 Å². The monoisotopic (exact) mass is 203 g/mol. The molecule has 0 aliphatic carbocycles. The Morgan fingerprint density at radius 3 is 3.00 bits per heavy atom. The summed E-state index contributed by atoms with van der Waals surface area (Å²) >= 11 is 1.69. The van der Waals surface area contributed by atoms with Crippen LogP contribution < -0.4 is 5.73 Å². The molecule has 3 heteroatoms. The van der Waals surface area contributed by atoms with Crippen molar-refractivity contribution < 1.29 is 4.79 Å². The fourth-order valence-corrected chi connectivity index (χ4v) is 2.09. The van der Waals surface area contributed by atoms with Gasteiger partial charge in [0.25, 0.3) is 0 Å². The highest BCUT2D eigenvalue weighted by atomic mass is 32.1. The summed E-state index contributed by atoms with van der Waals surface area (Å²) in [6.07, 6.45) is 3.09. The van der Waals surface area contributed by atoms with Gasteiger partial charge in [0.15, 0.2) is 0 Å². The van der Waals surface area contributed by atoms with Crippen LogP contribution in [-0.2, 0) is 4.79 Å². The number of hydrogen-bond donors (Lipinski definition) is 1. The number of fused-ring (bicyclic) bond motifs is 1. The molecule has 70 valence electrons. The molecule has 2 rings (SSSR count). The molecule has 2 aromatic rings. The molecule has 1 aromatic carbocycles. The number of thiophene rings is 1. The normalized spacial score (nSPS) is 11.1. The Morgan fingerprint density at radius 2 is 2.21 bits per heavy atom. The Morgan fingerprint density at radius 1 is 1.36 bits per heavy atom. The molecule has 1 heterocycles. The van der Waals surface area contributed by atoms with Crippen molar-refractivity contribution in [2.24, 2.45) is 5.73 Å². The van der Waals surface area contributed by atoms with Crippen LogP contribution in [-0.4, -0.2) is 5.91 Å². The lowest BCUT2D eigenvalue weighted by molar-refractivity contribution is -0.113. The SMILES string of the molecule is NC(=O)C=Cc1ccc2ccsc2c1. The summed E-state index contributed by atoms with van der Waals surface area (Å²) in [4.78, 5) is 10.5. The topological polar surface area (TPSA) is 43.1 Å². The third-order valence-electron chi connectivity index (χ3n) is 1.92. The number of primary amides is 1. The van der Waals surface area contributed by atoms with E-state index >= 15 is 0 Å². The highest BCUT2D eigenvalue weighted by Gasteiger charge is 1.94. The number of carbonyl (C=O) groups excluding carboxylic acids is 1. The molecule has 0 atom stereocenters. The van der Waals surface area contributed by atoms with Crippen LogP contribution in [0.1, 0.15) is 5.56 Å². The highest BCUT2D eigenvalue weighted by molar-refractivity contribution is 7.17. The lowest BCUT2D eigenvalue weighted by Crippen LogP contribution is -2.04. The third kappa shape index (κ3) is 1.83. The molecule has 0 bridgehead atoms. The van der Waals surface area contributed by atoms with Gasteiger partial charge in [-0.05, 0) is 34.5 Å². The van der Waals surface area contributed by atoms with Crippen molar-refractivity contribution in [3.8, 4) is 0 Å². The van der Waals surface area contributed by atoms with Crippen molar-refractivity contribution in [3.05, 3.63) is 41.3 Å². The fraction of sp³-hybridized carbons (Fsp3) is 0. The summed E-state index contributed by atoms with van der Waals surface area (Å²) < 4.78 is 1.22. The number of amides is 1. The second-order valence-corrected chi connectivity index (χ2v) is 3.90. The van der Waals surface area contributed by atoms with Crippen LogP contribution in [0, 0.1) is 0 Å². The molecule has 2 N–H and O–H groups in total. The minimum atomic E-state index is -0.420. The van der Waals surface area contributed by atoms with Crippen molar-refractivity contribution in [2.45, 2.75) is 0 Å². The Balaban J connectivity index is 2.39. The molecule has 1 aromatic heterocycles. The van der Waals surface area contributed by atoms with Gasteiger partial charge in [-0.2, -0.15) is 0 Å². The third-order valence-corrected chi connectivity index (χ3v) is 2.80.